The zero-order chi connectivity index (χ0) is 14.3. The van der Waals surface area contributed by atoms with Gasteiger partial charge < -0.3 is 15.3 Å². The average Bonchev–Trinajstić information content (AvgIpc) is 2.82. The van der Waals surface area contributed by atoms with Crippen LogP contribution in [0.1, 0.15) is 27.9 Å². The Hall–Kier alpha value is -1.40. The highest BCUT2D eigenvalue weighted by Gasteiger charge is 2.14. The third kappa shape index (κ3) is 5.00. The highest BCUT2D eigenvalue weighted by Crippen LogP contribution is 2.14. The molecular weight excluding hydrogens is 264 g/mol. The number of nitrogens with one attached hydrogen (secondary N) is 1. The van der Waals surface area contributed by atoms with E-state index in [2.05, 4.69) is 5.32 Å². The van der Waals surface area contributed by atoms with Gasteiger partial charge in [0.15, 0.2) is 0 Å². The monoisotopic (exact) mass is 284 g/mol. The molecule has 19 heavy (non-hydrogen) atoms. The zero-order valence-electron chi connectivity index (χ0n) is 11.3. The van der Waals surface area contributed by atoms with Crippen LogP contribution in [0, 0.1) is 6.92 Å². The summed E-state index contributed by atoms with van der Waals surface area (Å²) in [7, 11) is 0. The van der Waals surface area contributed by atoms with Gasteiger partial charge >= 0.3 is 0 Å². The molecule has 1 aromatic heterocycles. The minimum Gasteiger partial charge on any atom is -0.395 e. The van der Waals surface area contributed by atoms with Crippen LogP contribution in [0.15, 0.2) is 12.1 Å². The molecule has 0 unspecified atom stereocenters. The number of rotatable bonds is 7. The van der Waals surface area contributed by atoms with Gasteiger partial charge in [0.2, 0.25) is 5.91 Å². The van der Waals surface area contributed by atoms with E-state index in [0.717, 1.165) is 11.3 Å². The standard InChI is InChI=1S/C13H20N2O3S/c1-3-6-15(7-8-16)12(17)9-14-13(18)11-5-4-10(2)19-11/h4-5,16H,3,6-9H2,1-2H3,(H,14,18). The predicted molar refractivity (Wildman–Crippen MR) is 75.3 cm³/mol. The number of amides is 2. The van der Waals surface area contributed by atoms with Crippen molar-refractivity contribution in [2.45, 2.75) is 20.3 Å². The van der Waals surface area contributed by atoms with Gasteiger partial charge in [0.1, 0.15) is 0 Å². The van der Waals surface area contributed by atoms with E-state index in [0.29, 0.717) is 18.0 Å². The lowest BCUT2D eigenvalue weighted by atomic mass is 10.3. The van der Waals surface area contributed by atoms with Crippen LogP contribution in [0.3, 0.4) is 0 Å². The van der Waals surface area contributed by atoms with Crippen LogP contribution in [0.4, 0.5) is 0 Å². The summed E-state index contributed by atoms with van der Waals surface area (Å²) in [6.07, 6.45) is 0.823. The Bertz CT molecular complexity index is 425. The van der Waals surface area contributed by atoms with E-state index in [1.54, 1.807) is 11.0 Å². The van der Waals surface area contributed by atoms with Crippen molar-refractivity contribution in [3.63, 3.8) is 0 Å². The number of hydrogen-bond donors (Lipinski definition) is 2. The van der Waals surface area contributed by atoms with E-state index in [1.807, 2.05) is 19.9 Å². The fourth-order valence-electron chi connectivity index (χ4n) is 1.66. The molecule has 0 aliphatic rings. The normalized spacial score (nSPS) is 10.3. The summed E-state index contributed by atoms with van der Waals surface area (Å²) in [5, 5.41) is 11.5. The molecule has 0 aliphatic carbocycles. The minimum atomic E-state index is -0.230. The molecule has 6 heteroatoms. The molecule has 0 fully saturated rings. The maximum absolute atomic E-state index is 11.9. The molecule has 2 amide bonds. The van der Waals surface area contributed by atoms with Gasteiger partial charge in [0, 0.05) is 18.0 Å². The molecule has 0 aliphatic heterocycles. The Morgan fingerprint density at radius 1 is 1.37 bits per heavy atom. The summed E-state index contributed by atoms with van der Waals surface area (Å²) in [6, 6.07) is 3.62. The van der Waals surface area contributed by atoms with E-state index < -0.39 is 0 Å². The maximum Gasteiger partial charge on any atom is 0.261 e. The van der Waals surface area contributed by atoms with Crippen molar-refractivity contribution in [1.82, 2.24) is 10.2 Å². The van der Waals surface area contributed by atoms with Gasteiger partial charge in [-0.15, -0.1) is 11.3 Å². The molecule has 0 radical (unpaired) electrons. The summed E-state index contributed by atoms with van der Waals surface area (Å²) in [5.41, 5.74) is 0. The molecule has 2 N–H and O–H groups in total. The molecule has 1 aromatic rings. The predicted octanol–water partition coefficient (Wildman–Crippen LogP) is 1.02. The fourth-order valence-corrected chi connectivity index (χ4v) is 2.45. The molecule has 0 saturated heterocycles. The number of thiophene rings is 1. The molecule has 0 spiro atoms. The average molecular weight is 284 g/mol. The molecule has 0 bridgehead atoms. The summed E-state index contributed by atoms with van der Waals surface area (Å²) in [5.74, 6) is -0.399. The van der Waals surface area contributed by atoms with Crippen LogP contribution < -0.4 is 5.32 Å². The van der Waals surface area contributed by atoms with Gasteiger partial charge in [-0.2, -0.15) is 0 Å². The molecule has 0 atom stereocenters. The number of hydrogen-bond acceptors (Lipinski definition) is 4. The van der Waals surface area contributed by atoms with Crippen LogP contribution >= 0.6 is 11.3 Å². The number of carbonyl (C=O) groups excluding carboxylic acids is 2. The fraction of sp³-hybridized carbons (Fsp3) is 0.538. The summed E-state index contributed by atoms with van der Waals surface area (Å²) < 4.78 is 0. The van der Waals surface area contributed by atoms with Gasteiger partial charge in [-0.3, -0.25) is 9.59 Å². The first-order valence-electron chi connectivity index (χ1n) is 6.31. The minimum absolute atomic E-state index is 0.0320. The van der Waals surface area contributed by atoms with E-state index in [9.17, 15) is 9.59 Å². The van der Waals surface area contributed by atoms with E-state index in [-0.39, 0.29) is 25.0 Å². The van der Waals surface area contributed by atoms with Crippen molar-refractivity contribution in [3.8, 4) is 0 Å². The highest BCUT2D eigenvalue weighted by molar-refractivity contribution is 7.13. The van der Waals surface area contributed by atoms with Crippen molar-refractivity contribution >= 4 is 23.2 Å². The highest BCUT2D eigenvalue weighted by atomic mass is 32.1. The quantitative estimate of drug-likeness (QED) is 0.785. The lowest BCUT2D eigenvalue weighted by Crippen LogP contribution is -2.41. The second kappa shape index (κ2) is 7.91. The maximum atomic E-state index is 11.9. The Labute approximate surface area is 117 Å². The van der Waals surface area contributed by atoms with Crippen molar-refractivity contribution < 1.29 is 14.7 Å². The third-order valence-electron chi connectivity index (χ3n) is 2.58. The van der Waals surface area contributed by atoms with E-state index in [1.165, 1.54) is 11.3 Å². The first kappa shape index (κ1) is 15.7. The van der Waals surface area contributed by atoms with Crippen LogP contribution in [-0.2, 0) is 4.79 Å². The van der Waals surface area contributed by atoms with Crippen molar-refractivity contribution in [3.05, 3.63) is 21.9 Å². The largest absolute Gasteiger partial charge is 0.395 e. The molecular formula is C13H20N2O3S. The Balaban J connectivity index is 2.46. The second-order valence-electron chi connectivity index (χ2n) is 4.20. The first-order chi connectivity index (χ1) is 9.08. The van der Waals surface area contributed by atoms with E-state index in [4.69, 9.17) is 5.11 Å². The summed E-state index contributed by atoms with van der Waals surface area (Å²) in [4.78, 5) is 26.9. The van der Waals surface area contributed by atoms with Crippen molar-refractivity contribution in [1.29, 1.82) is 0 Å². The summed E-state index contributed by atoms with van der Waals surface area (Å²) in [6.45, 7) is 4.69. The number of aliphatic hydroxyl groups excluding tert-OH is 1. The van der Waals surface area contributed by atoms with E-state index >= 15 is 0 Å². The van der Waals surface area contributed by atoms with Gasteiger partial charge in [-0.25, -0.2) is 0 Å². The Kier molecular flexibility index (Phi) is 6.52. The third-order valence-corrected chi connectivity index (χ3v) is 3.58. The van der Waals surface area contributed by atoms with Gasteiger partial charge in [-0.1, -0.05) is 6.92 Å². The van der Waals surface area contributed by atoms with Crippen molar-refractivity contribution in [2.24, 2.45) is 0 Å². The number of nitrogens with zero attached hydrogens (tertiary/aromatic N) is 1. The summed E-state index contributed by atoms with van der Waals surface area (Å²) >= 11 is 1.40. The second-order valence-corrected chi connectivity index (χ2v) is 5.49. The zero-order valence-corrected chi connectivity index (χ0v) is 12.1. The molecule has 1 heterocycles. The number of carbonyl (C=O) groups is 2. The number of aryl methyl sites for hydroxylation is 1. The lowest BCUT2D eigenvalue weighted by Gasteiger charge is -2.21. The van der Waals surface area contributed by atoms with Crippen LogP contribution in [0.25, 0.3) is 0 Å². The molecule has 0 aromatic carbocycles. The Morgan fingerprint density at radius 3 is 2.63 bits per heavy atom. The van der Waals surface area contributed by atoms with Crippen LogP contribution in [-0.4, -0.2) is 48.1 Å². The molecule has 0 saturated carbocycles. The van der Waals surface area contributed by atoms with Gasteiger partial charge in [0.05, 0.1) is 18.0 Å². The Morgan fingerprint density at radius 2 is 2.11 bits per heavy atom. The van der Waals surface area contributed by atoms with Crippen LogP contribution in [0.5, 0.6) is 0 Å². The first-order valence-corrected chi connectivity index (χ1v) is 7.13. The smallest absolute Gasteiger partial charge is 0.261 e. The van der Waals surface area contributed by atoms with Crippen molar-refractivity contribution in [2.75, 3.05) is 26.2 Å². The van der Waals surface area contributed by atoms with Gasteiger partial charge in [0.25, 0.3) is 5.91 Å². The number of aliphatic hydroxyl groups is 1. The molecule has 5 nitrogen and oxygen atoms in total. The van der Waals surface area contributed by atoms with Gasteiger partial charge in [-0.05, 0) is 25.5 Å². The SMILES string of the molecule is CCCN(CCO)C(=O)CNC(=O)c1ccc(C)s1. The topological polar surface area (TPSA) is 69.6 Å². The van der Waals surface area contributed by atoms with Crippen LogP contribution in [0.2, 0.25) is 0 Å². The molecule has 1 rings (SSSR count). The lowest BCUT2D eigenvalue weighted by molar-refractivity contribution is -0.130. The molecule has 106 valence electrons.